The van der Waals surface area contributed by atoms with Crippen molar-refractivity contribution in [2.45, 2.75) is 19.6 Å². The minimum Gasteiger partial charge on any atom is -0.497 e. The van der Waals surface area contributed by atoms with Crippen LogP contribution in [0, 0.1) is 0 Å². The van der Waals surface area contributed by atoms with Crippen LogP contribution < -0.4 is 29.6 Å². The minimum absolute atomic E-state index is 0. The zero-order valence-corrected chi connectivity index (χ0v) is 19.9. The Labute approximate surface area is 189 Å². The SMILES string of the molecule is CN=C(NCc1ccc(OC)c(OC)c1)NCC(C)Oc1ccc(OC)cc1.I. The molecule has 0 aromatic heterocycles. The summed E-state index contributed by atoms with van der Waals surface area (Å²) in [5.74, 6) is 3.70. The van der Waals surface area contributed by atoms with Gasteiger partial charge in [0.1, 0.15) is 17.6 Å². The molecule has 0 bridgehead atoms. The second-order valence-electron chi connectivity index (χ2n) is 6.10. The molecule has 0 radical (unpaired) electrons. The molecule has 0 amide bonds. The summed E-state index contributed by atoms with van der Waals surface area (Å²) in [6.07, 6.45) is -0.0342. The summed E-state index contributed by atoms with van der Waals surface area (Å²) in [4.78, 5) is 4.25. The van der Waals surface area contributed by atoms with Crippen molar-refractivity contribution in [1.82, 2.24) is 10.6 Å². The van der Waals surface area contributed by atoms with Gasteiger partial charge in [0.15, 0.2) is 17.5 Å². The maximum absolute atomic E-state index is 5.90. The molecule has 1 unspecified atom stereocenters. The highest BCUT2D eigenvalue weighted by Gasteiger charge is 2.08. The molecule has 0 heterocycles. The number of hydrogen-bond donors (Lipinski definition) is 2. The Bertz CT molecular complexity index is 769. The number of nitrogens with zero attached hydrogens (tertiary/aromatic N) is 1. The van der Waals surface area contributed by atoms with E-state index >= 15 is 0 Å². The average molecular weight is 515 g/mol. The number of aliphatic imine (C=N–C) groups is 1. The molecule has 0 saturated carbocycles. The molecule has 2 aromatic carbocycles. The van der Waals surface area contributed by atoms with Crippen LogP contribution in [-0.4, -0.2) is 47.0 Å². The van der Waals surface area contributed by atoms with Crippen molar-refractivity contribution in [3.8, 4) is 23.0 Å². The Morgan fingerprint density at radius 3 is 2.14 bits per heavy atom. The summed E-state index contributed by atoms with van der Waals surface area (Å²) in [5.41, 5.74) is 1.06. The Morgan fingerprint density at radius 1 is 0.897 bits per heavy atom. The molecular weight excluding hydrogens is 485 g/mol. The van der Waals surface area contributed by atoms with Gasteiger partial charge in [0.05, 0.1) is 27.9 Å². The highest BCUT2D eigenvalue weighted by Crippen LogP contribution is 2.27. The summed E-state index contributed by atoms with van der Waals surface area (Å²) >= 11 is 0. The zero-order chi connectivity index (χ0) is 20.4. The zero-order valence-electron chi connectivity index (χ0n) is 17.5. The molecule has 2 rings (SSSR count). The quantitative estimate of drug-likeness (QED) is 0.303. The minimum atomic E-state index is -0.0342. The summed E-state index contributed by atoms with van der Waals surface area (Å²) in [6.45, 7) is 3.21. The number of hydrogen-bond acceptors (Lipinski definition) is 5. The first-order valence-electron chi connectivity index (χ1n) is 9.05. The van der Waals surface area contributed by atoms with Gasteiger partial charge in [-0.15, -0.1) is 24.0 Å². The summed E-state index contributed by atoms with van der Waals surface area (Å²) in [7, 11) is 6.62. The third-order valence-corrected chi connectivity index (χ3v) is 4.09. The highest BCUT2D eigenvalue weighted by atomic mass is 127. The molecule has 2 aromatic rings. The summed E-state index contributed by atoms with van der Waals surface area (Å²) < 4.78 is 21.6. The lowest BCUT2D eigenvalue weighted by atomic mass is 10.2. The van der Waals surface area contributed by atoms with Crippen LogP contribution in [-0.2, 0) is 6.54 Å². The van der Waals surface area contributed by atoms with E-state index in [4.69, 9.17) is 18.9 Å². The van der Waals surface area contributed by atoms with Crippen LogP contribution in [0.25, 0.3) is 0 Å². The molecule has 0 aliphatic rings. The molecule has 0 aliphatic heterocycles. The van der Waals surface area contributed by atoms with Crippen molar-refractivity contribution in [2.24, 2.45) is 4.99 Å². The van der Waals surface area contributed by atoms with E-state index in [1.807, 2.05) is 49.4 Å². The van der Waals surface area contributed by atoms with Crippen molar-refractivity contribution >= 4 is 29.9 Å². The number of nitrogens with one attached hydrogen (secondary N) is 2. The maximum atomic E-state index is 5.90. The van der Waals surface area contributed by atoms with Crippen molar-refractivity contribution in [3.63, 3.8) is 0 Å². The number of guanidine groups is 1. The second kappa shape index (κ2) is 13.0. The van der Waals surface area contributed by atoms with E-state index in [9.17, 15) is 0 Å². The predicted octanol–water partition coefficient (Wildman–Crippen LogP) is 3.46. The average Bonchev–Trinajstić information content (AvgIpc) is 2.74. The van der Waals surface area contributed by atoms with Crippen LogP contribution in [0.4, 0.5) is 0 Å². The van der Waals surface area contributed by atoms with Gasteiger partial charge in [-0.3, -0.25) is 4.99 Å². The topological polar surface area (TPSA) is 73.3 Å². The molecular formula is C21H30IN3O4. The molecule has 7 nitrogen and oxygen atoms in total. The van der Waals surface area contributed by atoms with Gasteiger partial charge in [-0.1, -0.05) is 6.07 Å². The fraction of sp³-hybridized carbons (Fsp3) is 0.381. The molecule has 0 fully saturated rings. The second-order valence-corrected chi connectivity index (χ2v) is 6.10. The fourth-order valence-electron chi connectivity index (χ4n) is 2.57. The molecule has 0 saturated heterocycles. The van der Waals surface area contributed by atoms with E-state index in [-0.39, 0.29) is 30.1 Å². The summed E-state index contributed by atoms with van der Waals surface area (Å²) in [6, 6.07) is 13.3. The first-order chi connectivity index (χ1) is 13.6. The Hall–Kier alpha value is -2.36. The first kappa shape index (κ1) is 24.7. The van der Waals surface area contributed by atoms with Crippen LogP contribution in [0.15, 0.2) is 47.5 Å². The van der Waals surface area contributed by atoms with E-state index in [0.29, 0.717) is 30.5 Å². The molecule has 29 heavy (non-hydrogen) atoms. The highest BCUT2D eigenvalue weighted by molar-refractivity contribution is 14.0. The first-order valence-corrected chi connectivity index (χ1v) is 9.05. The molecule has 0 spiro atoms. The van der Waals surface area contributed by atoms with Gasteiger partial charge < -0.3 is 29.6 Å². The number of rotatable bonds is 9. The Kier molecular flexibility index (Phi) is 11.0. The van der Waals surface area contributed by atoms with Crippen molar-refractivity contribution in [1.29, 1.82) is 0 Å². The van der Waals surface area contributed by atoms with Gasteiger partial charge in [0, 0.05) is 13.6 Å². The van der Waals surface area contributed by atoms with Crippen LogP contribution >= 0.6 is 24.0 Å². The fourth-order valence-corrected chi connectivity index (χ4v) is 2.57. The number of benzene rings is 2. The van der Waals surface area contributed by atoms with Gasteiger partial charge >= 0.3 is 0 Å². The summed E-state index contributed by atoms with van der Waals surface area (Å²) in [5, 5.41) is 6.55. The maximum Gasteiger partial charge on any atom is 0.191 e. The van der Waals surface area contributed by atoms with Crippen LogP contribution in [0.1, 0.15) is 12.5 Å². The van der Waals surface area contributed by atoms with Crippen LogP contribution in [0.3, 0.4) is 0 Å². The number of halogens is 1. The molecule has 1 atom stereocenters. The van der Waals surface area contributed by atoms with E-state index in [1.165, 1.54) is 0 Å². The van der Waals surface area contributed by atoms with Gasteiger partial charge in [-0.2, -0.15) is 0 Å². The van der Waals surface area contributed by atoms with Crippen LogP contribution in [0.2, 0.25) is 0 Å². The monoisotopic (exact) mass is 515 g/mol. The van der Waals surface area contributed by atoms with Gasteiger partial charge in [0.2, 0.25) is 0 Å². The van der Waals surface area contributed by atoms with Crippen molar-refractivity contribution in [2.75, 3.05) is 34.9 Å². The predicted molar refractivity (Wildman–Crippen MR) is 126 cm³/mol. The molecule has 0 aliphatic carbocycles. The van der Waals surface area contributed by atoms with Crippen LogP contribution in [0.5, 0.6) is 23.0 Å². The van der Waals surface area contributed by atoms with Crippen molar-refractivity contribution in [3.05, 3.63) is 48.0 Å². The van der Waals surface area contributed by atoms with E-state index in [1.54, 1.807) is 28.4 Å². The molecule has 8 heteroatoms. The van der Waals surface area contributed by atoms with E-state index < -0.39 is 0 Å². The van der Waals surface area contributed by atoms with Gasteiger partial charge in [-0.05, 0) is 48.9 Å². The number of ether oxygens (including phenoxy) is 4. The van der Waals surface area contributed by atoms with Gasteiger partial charge in [0.25, 0.3) is 0 Å². The Morgan fingerprint density at radius 2 is 1.55 bits per heavy atom. The van der Waals surface area contributed by atoms with Gasteiger partial charge in [-0.25, -0.2) is 0 Å². The molecule has 160 valence electrons. The van der Waals surface area contributed by atoms with E-state index in [2.05, 4.69) is 15.6 Å². The Balaban J connectivity index is 0.00000420. The molecule has 2 N–H and O–H groups in total. The smallest absolute Gasteiger partial charge is 0.191 e. The number of methoxy groups -OCH3 is 3. The lowest BCUT2D eigenvalue weighted by molar-refractivity contribution is 0.223. The third-order valence-electron chi connectivity index (χ3n) is 4.09. The normalized spacial score (nSPS) is 11.7. The standard InChI is InChI=1S/C21H29N3O4.HI/c1-15(28-18-9-7-17(25-3)8-10-18)13-23-21(22-2)24-14-16-6-11-19(26-4)20(12-16)27-5;/h6-12,15H,13-14H2,1-5H3,(H2,22,23,24);1H. The van der Waals surface area contributed by atoms with E-state index in [0.717, 1.165) is 17.1 Å². The lowest BCUT2D eigenvalue weighted by Crippen LogP contribution is -2.41. The lowest BCUT2D eigenvalue weighted by Gasteiger charge is -2.18. The third kappa shape index (κ3) is 7.88. The van der Waals surface area contributed by atoms with Crippen molar-refractivity contribution < 1.29 is 18.9 Å². The largest absolute Gasteiger partial charge is 0.497 e.